The van der Waals surface area contributed by atoms with Crippen molar-refractivity contribution in [3.63, 3.8) is 0 Å². The van der Waals surface area contributed by atoms with Crippen molar-refractivity contribution >= 4 is 17.8 Å². The molecule has 0 aromatic heterocycles. The van der Waals surface area contributed by atoms with Crippen LogP contribution in [-0.4, -0.2) is 60.2 Å². The molecule has 2 heterocycles. The van der Waals surface area contributed by atoms with Gasteiger partial charge >= 0.3 is 5.97 Å². The summed E-state index contributed by atoms with van der Waals surface area (Å²) in [6, 6.07) is 7.39. The van der Waals surface area contributed by atoms with Gasteiger partial charge in [0.15, 0.2) is 0 Å². The maximum absolute atomic E-state index is 12.6. The number of likely N-dealkylation sites (tertiary alicyclic amines) is 1. The summed E-state index contributed by atoms with van der Waals surface area (Å²) in [5.41, 5.74) is -0.362. The third kappa shape index (κ3) is 4.21. The van der Waals surface area contributed by atoms with E-state index >= 15 is 0 Å². The summed E-state index contributed by atoms with van der Waals surface area (Å²) in [7, 11) is 1.59. The molecule has 3 rings (SSSR count). The van der Waals surface area contributed by atoms with E-state index in [0.717, 1.165) is 11.3 Å². The molecular formula is C19H24N2O6. The maximum Gasteiger partial charge on any atom is 0.329 e. The van der Waals surface area contributed by atoms with E-state index in [9.17, 15) is 19.5 Å². The highest BCUT2D eigenvalue weighted by atomic mass is 16.5. The molecule has 1 aromatic carbocycles. The minimum Gasteiger partial charge on any atom is -0.497 e. The van der Waals surface area contributed by atoms with Crippen LogP contribution < -0.4 is 10.1 Å². The number of methoxy groups -OCH3 is 1. The Bertz CT molecular complexity index is 711. The van der Waals surface area contributed by atoms with Crippen molar-refractivity contribution in [3.05, 3.63) is 29.8 Å². The zero-order valence-corrected chi connectivity index (χ0v) is 15.3. The maximum atomic E-state index is 12.6. The smallest absolute Gasteiger partial charge is 0.329 e. The topological polar surface area (TPSA) is 105 Å². The molecule has 2 N–H and O–H groups in total. The summed E-state index contributed by atoms with van der Waals surface area (Å²) >= 11 is 0. The number of carbonyl (C=O) groups is 3. The second kappa shape index (κ2) is 7.96. The van der Waals surface area contributed by atoms with Gasteiger partial charge in [-0.3, -0.25) is 9.59 Å². The van der Waals surface area contributed by atoms with Crippen LogP contribution in [-0.2, 0) is 25.7 Å². The molecule has 0 saturated carbocycles. The van der Waals surface area contributed by atoms with Crippen molar-refractivity contribution in [2.75, 3.05) is 26.9 Å². The van der Waals surface area contributed by atoms with Gasteiger partial charge in [0.05, 0.1) is 13.0 Å². The van der Waals surface area contributed by atoms with E-state index in [1.54, 1.807) is 12.0 Å². The van der Waals surface area contributed by atoms with E-state index in [1.165, 1.54) is 0 Å². The Morgan fingerprint density at radius 1 is 1.30 bits per heavy atom. The fourth-order valence-corrected chi connectivity index (χ4v) is 3.50. The number of carboxylic acids is 1. The number of rotatable bonds is 6. The Balaban J connectivity index is 1.61. The normalized spacial score (nSPS) is 21.7. The lowest BCUT2D eigenvalue weighted by Crippen LogP contribution is -2.58. The first-order chi connectivity index (χ1) is 12.9. The van der Waals surface area contributed by atoms with Crippen molar-refractivity contribution in [3.8, 4) is 5.75 Å². The summed E-state index contributed by atoms with van der Waals surface area (Å²) in [6.07, 6.45) is 0.544. The molecule has 2 aliphatic rings. The summed E-state index contributed by atoms with van der Waals surface area (Å²) < 4.78 is 10.3. The van der Waals surface area contributed by atoms with Gasteiger partial charge in [-0.25, -0.2) is 4.79 Å². The molecule has 0 aliphatic carbocycles. The number of amides is 2. The highest BCUT2D eigenvalue weighted by molar-refractivity contribution is 5.92. The molecule has 146 valence electrons. The van der Waals surface area contributed by atoms with Gasteiger partial charge in [-0.2, -0.15) is 0 Å². The van der Waals surface area contributed by atoms with Gasteiger partial charge in [0.1, 0.15) is 11.3 Å². The largest absolute Gasteiger partial charge is 0.497 e. The Labute approximate surface area is 157 Å². The highest BCUT2D eigenvalue weighted by Gasteiger charge is 2.44. The Morgan fingerprint density at radius 3 is 2.56 bits per heavy atom. The van der Waals surface area contributed by atoms with Crippen molar-refractivity contribution in [2.24, 2.45) is 5.92 Å². The third-order valence-electron chi connectivity index (χ3n) is 5.24. The lowest BCUT2D eigenvalue weighted by atomic mass is 9.89. The Kier molecular flexibility index (Phi) is 5.65. The molecule has 27 heavy (non-hydrogen) atoms. The van der Waals surface area contributed by atoms with E-state index < -0.39 is 17.4 Å². The van der Waals surface area contributed by atoms with Crippen LogP contribution in [0.2, 0.25) is 0 Å². The first-order valence-corrected chi connectivity index (χ1v) is 8.97. The molecule has 1 unspecified atom stereocenters. The van der Waals surface area contributed by atoms with E-state index in [1.807, 2.05) is 24.3 Å². The predicted molar refractivity (Wildman–Crippen MR) is 95.1 cm³/mol. The van der Waals surface area contributed by atoms with Gasteiger partial charge in [-0.05, 0) is 17.7 Å². The van der Waals surface area contributed by atoms with Crippen molar-refractivity contribution in [2.45, 2.75) is 31.3 Å². The number of hydrogen-bond acceptors (Lipinski definition) is 5. The third-order valence-corrected chi connectivity index (χ3v) is 5.24. The molecule has 1 aromatic rings. The number of nitrogens with one attached hydrogen (secondary N) is 1. The molecule has 0 radical (unpaired) electrons. The summed E-state index contributed by atoms with van der Waals surface area (Å²) in [5.74, 6) is -1.36. The van der Waals surface area contributed by atoms with Gasteiger partial charge < -0.3 is 24.8 Å². The molecule has 8 heteroatoms. The van der Waals surface area contributed by atoms with Crippen molar-refractivity contribution < 1.29 is 29.0 Å². The molecule has 8 nitrogen and oxygen atoms in total. The lowest BCUT2D eigenvalue weighted by molar-refractivity contribution is -0.152. The monoisotopic (exact) mass is 376 g/mol. The van der Waals surface area contributed by atoms with Gasteiger partial charge in [0.25, 0.3) is 0 Å². The van der Waals surface area contributed by atoms with Crippen LogP contribution in [0.1, 0.15) is 24.8 Å². The standard InChI is InChI=1S/C19H24N2O6/c1-26-15-4-2-13(3-5-15)11-21-12-14(10-16(21)22)17(23)20-19(18(24)25)6-8-27-9-7-19/h2-5,14H,6-12H2,1H3,(H,20,23)(H,24,25). The van der Waals surface area contributed by atoms with Gasteiger partial charge in [0, 0.05) is 45.6 Å². The van der Waals surface area contributed by atoms with Crippen LogP contribution in [0, 0.1) is 5.92 Å². The summed E-state index contributed by atoms with van der Waals surface area (Å²) in [6.45, 7) is 1.27. The number of ether oxygens (including phenoxy) is 2. The first-order valence-electron chi connectivity index (χ1n) is 8.97. The van der Waals surface area contributed by atoms with E-state index in [0.29, 0.717) is 19.8 Å². The van der Waals surface area contributed by atoms with Crippen LogP contribution >= 0.6 is 0 Å². The number of carbonyl (C=O) groups excluding carboxylic acids is 2. The molecule has 2 fully saturated rings. The van der Waals surface area contributed by atoms with E-state index in [4.69, 9.17) is 9.47 Å². The number of aliphatic carboxylic acids is 1. The zero-order valence-electron chi connectivity index (χ0n) is 15.3. The van der Waals surface area contributed by atoms with Crippen LogP contribution in [0.25, 0.3) is 0 Å². The molecule has 2 amide bonds. The molecule has 2 aliphatic heterocycles. The fraction of sp³-hybridized carbons (Fsp3) is 0.526. The van der Waals surface area contributed by atoms with E-state index in [-0.39, 0.29) is 37.6 Å². The quantitative estimate of drug-likeness (QED) is 0.761. The number of carboxylic acid groups (broad SMARTS) is 1. The SMILES string of the molecule is COc1ccc(CN2CC(C(=O)NC3(C(=O)O)CCOCC3)CC2=O)cc1. The number of hydrogen-bond donors (Lipinski definition) is 2. The predicted octanol–water partition coefficient (Wildman–Crippen LogP) is 0.794. The fourth-order valence-electron chi connectivity index (χ4n) is 3.50. The van der Waals surface area contributed by atoms with Gasteiger partial charge in [-0.15, -0.1) is 0 Å². The molecule has 2 saturated heterocycles. The minimum atomic E-state index is -1.30. The molecule has 0 spiro atoms. The Morgan fingerprint density at radius 2 is 1.96 bits per heavy atom. The van der Waals surface area contributed by atoms with Crippen LogP contribution in [0.4, 0.5) is 0 Å². The average Bonchev–Trinajstić information content (AvgIpc) is 3.04. The summed E-state index contributed by atoms with van der Waals surface area (Å²) in [5, 5.41) is 12.2. The molecular weight excluding hydrogens is 352 g/mol. The van der Waals surface area contributed by atoms with Crippen molar-refractivity contribution in [1.82, 2.24) is 10.2 Å². The van der Waals surface area contributed by atoms with Crippen LogP contribution in [0.15, 0.2) is 24.3 Å². The molecule has 0 bridgehead atoms. The molecule has 1 atom stereocenters. The zero-order chi connectivity index (χ0) is 19.4. The van der Waals surface area contributed by atoms with Gasteiger partial charge in [0.2, 0.25) is 11.8 Å². The first kappa shape index (κ1) is 19.2. The highest BCUT2D eigenvalue weighted by Crippen LogP contribution is 2.25. The van der Waals surface area contributed by atoms with Crippen LogP contribution in [0.3, 0.4) is 0 Å². The second-order valence-corrected chi connectivity index (χ2v) is 7.01. The number of benzene rings is 1. The van der Waals surface area contributed by atoms with Crippen molar-refractivity contribution in [1.29, 1.82) is 0 Å². The van der Waals surface area contributed by atoms with E-state index in [2.05, 4.69) is 5.32 Å². The van der Waals surface area contributed by atoms with Crippen LogP contribution in [0.5, 0.6) is 5.75 Å². The number of nitrogens with zero attached hydrogens (tertiary/aromatic N) is 1. The minimum absolute atomic E-state index is 0.0915. The second-order valence-electron chi connectivity index (χ2n) is 7.01. The lowest BCUT2D eigenvalue weighted by Gasteiger charge is -2.34. The Hall–Kier alpha value is -2.61. The average molecular weight is 376 g/mol. The van der Waals surface area contributed by atoms with Gasteiger partial charge in [-0.1, -0.05) is 12.1 Å². The summed E-state index contributed by atoms with van der Waals surface area (Å²) in [4.78, 5) is 38.3.